The van der Waals surface area contributed by atoms with Gasteiger partial charge < -0.3 is 5.11 Å². The molecule has 1 atom stereocenters. The van der Waals surface area contributed by atoms with Gasteiger partial charge in [-0.2, -0.15) is 0 Å². The maximum atomic E-state index is 11.2. The van der Waals surface area contributed by atoms with Crippen LogP contribution in [-0.2, 0) is 17.3 Å². The summed E-state index contributed by atoms with van der Waals surface area (Å²) >= 11 is 2.03. The molecule has 1 aromatic rings. The van der Waals surface area contributed by atoms with Gasteiger partial charge in [0.05, 0.1) is 0 Å². The van der Waals surface area contributed by atoms with Gasteiger partial charge >= 0.3 is 0 Å². The highest BCUT2D eigenvalue weighted by molar-refractivity contribution is 8.01. The molecule has 0 aromatic heterocycles. The van der Waals surface area contributed by atoms with Crippen LogP contribution in [-0.4, -0.2) is 9.85 Å². The number of phenolic OH excluding ortho intramolecular Hbond substituents is 1. The van der Waals surface area contributed by atoms with Crippen molar-refractivity contribution in [3.63, 3.8) is 0 Å². The van der Waals surface area contributed by atoms with E-state index in [9.17, 15) is 5.11 Å². The standard InChI is InChI=1S/C28H44OS/c1-19(2)13-11-14-20(3)15-12-16-28(10)18-21-23(30-28)17-22(26(4,5)6)25(29)24(21)27(7,8)9/h13,15,17,29H,11-12,14,16,18H2,1-10H3/b20-15+. The first kappa shape index (κ1) is 25.1. The van der Waals surface area contributed by atoms with E-state index in [1.807, 2.05) is 11.8 Å². The third kappa shape index (κ3) is 6.19. The summed E-state index contributed by atoms with van der Waals surface area (Å²) in [6, 6.07) is 2.27. The Bertz CT molecular complexity index is 826. The minimum atomic E-state index is -0.0668. The van der Waals surface area contributed by atoms with Crippen LogP contribution in [0.4, 0.5) is 0 Å². The molecule has 0 aliphatic carbocycles. The zero-order valence-corrected chi connectivity index (χ0v) is 21.9. The molecule has 168 valence electrons. The third-order valence-corrected chi connectivity index (χ3v) is 7.51. The molecule has 0 amide bonds. The summed E-state index contributed by atoms with van der Waals surface area (Å²) in [5.41, 5.74) is 6.40. The number of rotatable bonds is 6. The highest BCUT2D eigenvalue weighted by Gasteiger charge is 2.39. The highest BCUT2D eigenvalue weighted by atomic mass is 32.2. The molecule has 0 saturated heterocycles. The summed E-state index contributed by atoms with van der Waals surface area (Å²) in [6.45, 7) is 22.3. The topological polar surface area (TPSA) is 20.2 Å². The van der Waals surface area contributed by atoms with Gasteiger partial charge in [-0.15, -0.1) is 11.8 Å². The van der Waals surface area contributed by atoms with Gasteiger partial charge in [0.25, 0.3) is 0 Å². The summed E-state index contributed by atoms with van der Waals surface area (Å²) in [4.78, 5) is 1.38. The monoisotopic (exact) mass is 428 g/mol. The molecular formula is C28H44OS. The molecule has 0 radical (unpaired) electrons. The van der Waals surface area contributed by atoms with Gasteiger partial charge in [0.2, 0.25) is 0 Å². The van der Waals surface area contributed by atoms with Crippen LogP contribution in [0.25, 0.3) is 0 Å². The number of allylic oxidation sites excluding steroid dienone is 4. The second kappa shape index (κ2) is 9.15. The quantitative estimate of drug-likeness (QED) is 0.456. The molecule has 30 heavy (non-hydrogen) atoms. The van der Waals surface area contributed by atoms with Crippen molar-refractivity contribution >= 4 is 11.8 Å². The zero-order chi connectivity index (χ0) is 22.9. The summed E-state index contributed by atoms with van der Waals surface area (Å²) in [5, 5.41) is 11.2. The summed E-state index contributed by atoms with van der Waals surface area (Å²) in [7, 11) is 0. The lowest BCUT2D eigenvalue weighted by Gasteiger charge is -2.29. The molecule has 0 spiro atoms. The van der Waals surface area contributed by atoms with Crippen molar-refractivity contribution in [1.82, 2.24) is 0 Å². The van der Waals surface area contributed by atoms with Gasteiger partial charge in [0.1, 0.15) is 5.75 Å². The van der Waals surface area contributed by atoms with Gasteiger partial charge in [0, 0.05) is 20.8 Å². The van der Waals surface area contributed by atoms with Crippen LogP contribution in [0.1, 0.15) is 112 Å². The van der Waals surface area contributed by atoms with E-state index in [1.165, 1.54) is 28.0 Å². The van der Waals surface area contributed by atoms with Crippen molar-refractivity contribution in [2.24, 2.45) is 0 Å². The van der Waals surface area contributed by atoms with Gasteiger partial charge in [-0.25, -0.2) is 0 Å². The minimum Gasteiger partial charge on any atom is -0.507 e. The highest BCUT2D eigenvalue weighted by Crippen LogP contribution is 2.54. The SMILES string of the molecule is CC(C)=CCC/C(C)=C/CCC1(C)Cc2c(cc(C(C)(C)C)c(O)c2C(C)(C)C)S1. The first-order chi connectivity index (χ1) is 13.6. The number of benzene rings is 1. The molecule has 1 aromatic carbocycles. The number of fused-ring (bicyclic) bond motifs is 1. The van der Waals surface area contributed by atoms with E-state index < -0.39 is 0 Å². The van der Waals surface area contributed by atoms with E-state index in [-0.39, 0.29) is 15.6 Å². The predicted octanol–water partition coefficient (Wildman–Crippen LogP) is 8.87. The van der Waals surface area contributed by atoms with Gasteiger partial charge in [-0.3, -0.25) is 0 Å². The fourth-order valence-corrected chi connectivity index (χ4v) is 5.90. The van der Waals surface area contributed by atoms with E-state index in [4.69, 9.17) is 0 Å². The second-order valence-electron chi connectivity index (χ2n) is 11.8. The van der Waals surface area contributed by atoms with Crippen LogP contribution in [0.2, 0.25) is 0 Å². The number of phenols is 1. The van der Waals surface area contributed by atoms with Gasteiger partial charge in [0.15, 0.2) is 0 Å². The molecule has 1 heterocycles. The Hall–Kier alpha value is -1.15. The van der Waals surface area contributed by atoms with Crippen molar-refractivity contribution < 1.29 is 5.11 Å². The van der Waals surface area contributed by atoms with E-state index in [2.05, 4.69) is 87.5 Å². The molecule has 2 rings (SSSR count). The summed E-state index contributed by atoms with van der Waals surface area (Å²) in [5.74, 6) is 0.522. The fraction of sp³-hybridized carbons (Fsp3) is 0.643. The number of aromatic hydroxyl groups is 1. The number of hydrogen-bond acceptors (Lipinski definition) is 2. The van der Waals surface area contributed by atoms with Gasteiger partial charge in [-0.05, 0) is 82.3 Å². The predicted molar refractivity (Wildman–Crippen MR) is 135 cm³/mol. The maximum Gasteiger partial charge on any atom is 0.123 e. The van der Waals surface area contributed by atoms with Crippen LogP contribution in [0.3, 0.4) is 0 Å². The Morgan fingerprint density at radius 1 is 1.03 bits per heavy atom. The minimum absolute atomic E-state index is 0.0657. The van der Waals surface area contributed by atoms with Crippen molar-refractivity contribution in [2.45, 2.75) is 122 Å². The smallest absolute Gasteiger partial charge is 0.123 e. The van der Waals surface area contributed by atoms with E-state index in [0.717, 1.165) is 36.8 Å². The van der Waals surface area contributed by atoms with Crippen molar-refractivity contribution in [2.75, 3.05) is 0 Å². The van der Waals surface area contributed by atoms with Gasteiger partial charge in [-0.1, -0.05) is 64.8 Å². The first-order valence-electron chi connectivity index (χ1n) is 11.5. The first-order valence-corrected chi connectivity index (χ1v) is 12.3. The molecule has 0 bridgehead atoms. The van der Waals surface area contributed by atoms with E-state index >= 15 is 0 Å². The van der Waals surface area contributed by atoms with Crippen LogP contribution >= 0.6 is 11.8 Å². The number of thioether (sulfide) groups is 1. The lowest BCUT2D eigenvalue weighted by Crippen LogP contribution is -2.22. The Kier molecular flexibility index (Phi) is 7.66. The largest absolute Gasteiger partial charge is 0.507 e. The molecule has 0 fully saturated rings. The maximum absolute atomic E-state index is 11.2. The molecule has 0 saturated carbocycles. The molecule has 1 aliphatic heterocycles. The Labute approximate surface area is 190 Å². The number of hydrogen-bond donors (Lipinski definition) is 1. The Morgan fingerprint density at radius 3 is 2.20 bits per heavy atom. The van der Waals surface area contributed by atoms with Crippen molar-refractivity contribution in [1.29, 1.82) is 0 Å². The van der Waals surface area contributed by atoms with Crippen LogP contribution in [0, 0.1) is 0 Å². The summed E-state index contributed by atoms with van der Waals surface area (Å²) < 4.78 is 0.196. The van der Waals surface area contributed by atoms with E-state index in [0.29, 0.717) is 5.75 Å². The molecule has 1 nitrogen and oxygen atoms in total. The third-order valence-electron chi connectivity index (χ3n) is 6.09. The fourth-order valence-electron chi connectivity index (χ4n) is 4.46. The normalized spacial score (nSPS) is 19.7. The zero-order valence-electron chi connectivity index (χ0n) is 21.1. The lowest BCUT2D eigenvalue weighted by molar-refractivity contribution is 0.418. The van der Waals surface area contributed by atoms with E-state index in [1.54, 1.807) is 0 Å². The van der Waals surface area contributed by atoms with Crippen LogP contribution in [0.15, 0.2) is 34.3 Å². The van der Waals surface area contributed by atoms with Crippen LogP contribution < -0.4 is 0 Å². The van der Waals surface area contributed by atoms with Crippen molar-refractivity contribution in [3.8, 4) is 5.75 Å². The Morgan fingerprint density at radius 2 is 1.67 bits per heavy atom. The summed E-state index contributed by atoms with van der Waals surface area (Å²) in [6.07, 6.45) is 10.4. The molecular weight excluding hydrogens is 384 g/mol. The second-order valence-corrected chi connectivity index (χ2v) is 13.4. The van der Waals surface area contributed by atoms with Crippen LogP contribution in [0.5, 0.6) is 5.75 Å². The Balaban J connectivity index is 2.23. The van der Waals surface area contributed by atoms with Crippen molar-refractivity contribution in [3.05, 3.63) is 46.1 Å². The molecule has 1 unspecified atom stereocenters. The molecule has 2 heteroatoms. The lowest BCUT2D eigenvalue weighted by atomic mass is 9.76. The molecule has 1 N–H and O–H groups in total. The average Bonchev–Trinajstić information content (AvgIpc) is 2.87. The molecule has 1 aliphatic rings. The average molecular weight is 429 g/mol.